The summed E-state index contributed by atoms with van der Waals surface area (Å²) < 4.78 is 13.0. The van der Waals surface area contributed by atoms with Gasteiger partial charge in [0.15, 0.2) is 5.82 Å². The Morgan fingerprint density at radius 2 is 1.73 bits per heavy atom. The number of para-hydroxylation sites is 2. The fraction of sp³-hybridized carbons (Fsp3) is 0.222. The van der Waals surface area contributed by atoms with Gasteiger partial charge in [0.1, 0.15) is 18.0 Å². The smallest absolute Gasteiger partial charge is 0.420 e. The molecule has 4 aromatic rings. The lowest BCUT2D eigenvalue weighted by molar-refractivity contribution is 0.0533. The number of anilines is 2. The highest BCUT2D eigenvalue weighted by atomic mass is 35.5. The van der Waals surface area contributed by atoms with Crippen LogP contribution in [0.1, 0.15) is 32.2 Å². The first kappa shape index (κ1) is 26.3. The van der Waals surface area contributed by atoms with Gasteiger partial charge in [-0.05, 0) is 81.8 Å². The molecule has 0 unspecified atom stereocenters. The van der Waals surface area contributed by atoms with Crippen LogP contribution in [0, 0.1) is 6.92 Å². The summed E-state index contributed by atoms with van der Waals surface area (Å²) in [5, 5.41) is 6.26. The third-order valence-corrected chi connectivity index (χ3v) is 5.94. The number of fused-ring (bicyclic) bond motifs is 1. The average molecular weight is 541 g/mol. The molecule has 3 aromatic carbocycles. The maximum atomic E-state index is 12.9. The fourth-order valence-electron chi connectivity index (χ4n) is 3.56. The lowest BCUT2D eigenvalue weighted by Crippen LogP contribution is -2.28. The van der Waals surface area contributed by atoms with Gasteiger partial charge in [-0.1, -0.05) is 35.3 Å². The number of hydrogen-bond acceptors (Lipinski definition) is 5. The summed E-state index contributed by atoms with van der Waals surface area (Å²) in [5.74, 6) is 0.965. The monoisotopic (exact) mass is 540 g/mol. The summed E-state index contributed by atoms with van der Waals surface area (Å²) in [6.07, 6.45) is -0.525. The maximum Gasteiger partial charge on any atom is 0.420 e. The number of aromatic nitrogens is 2. The Bertz CT molecular complexity index is 1480. The molecule has 0 saturated heterocycles. The number of halogens is 2. The average Bonchev–Trinajstić information content (AvgIpc) is 3.19. The van der Waals surface area contributed by atoms with Gasteiger partial charge in [-0.15, -0.1) is 0 Å². The molecule has 10 heteroatoms. The highest BCUT2D eigenvalue weighted by Crippen LogP contribution is 2.26. The summed E-state index contributed by atoms with van der Waals surface area (Å²) >= 11 is 11.9. The van der Waals surface area contributed by atoms with Gasteiger partial charge in [-0.3, -0.25) is 0 Å². The second-order valence-electron chi connectivity index (χ2n) is 9.31. The SMILES string of the molecule is Cc1cc(OCc2nc3ccccc3n2C(=O)OC(C)(C)C)ccc1NC(=O)Nc1ccc(Cl)c(Cl)c1. The molecular weight excluding hydrogens is 515 g/mol. The molecule has 37 heavy (non-hydrogen) atoms. The molecule has 1 aromatic heterocycles. The van der Waals surface area contributed by atoms with E-state index in [-0.39, 0.29) is 6.61 Å². The van der Waals surface area contributed by atoms with Gasteiger partial charge in [0, 0.05) is 11.4 Å². The number of benzene rings is 3. The highest BCUT2D eigenvalue weighted by Gasteiger charge is 2.23. The molecule has 0 bridgehead atoms. The second kappa shape index (κ2) is 10.7. The predicted octanol–water partition coefficient (Wildman–Crippen LogP) is 7.66. The molecule has 0 radical (unpaired) electrons. The number of hydrogen-bond donors (Lipinski definition) is 2. The Balaban J connectivity index is 1.46. The van der Waals surface area contributed by atoms with Gasteiger partial charge in [0.2, 0.25) is 0 Å². The van der Waals surface area contributed by atoms with Gasteiger partial charge in [0.25, 0.3) is 0 Å². The third kappa shape index (κ3) is 6.53. The molecule has 0 aliphatic carbocycles. The maximum absolute atomic E-state index is 12.9. The van der Waals surface area contributed by atoms with Crippen LogP contribution in [0.3, 0.4) is 0 Å². The van der Waals surface area contributed by atoms with Gasteiger partial charge in [0.05, 0.1) is 21.1 Å². The topological polar surface area (TPSA) is 94.5 Å². The minimum atomic E-state index is -0.660. The zero-order valence-electron chi connectivity index (χ0n) is 20.8. The fourth-order valence-corrected chi connectivity index (χ4v) is 3.85. The molecule has 2 amide bonds. The normalized spacial score (nSPS) is 11.3. The first-order valence-corrected chi connectivity index (χ1v) is 12.2. The molecule has 192 valence electrons. The number of amides is 2. The number of carbonyl (C=O) groups is 2. The second-order valence-corrected chi connectivity index (χ2v) is 10.1. The van der Waals surface area contributed by atoms with Crippen molar-refractivity contribution < 1.29 is 19.1 Å². The largest absolute Gasteiger partial charge is 0.486 e. The van der Waals surface area contributed by atoms with Gasteiger partial charge in [-0.2, -0.15) is 0 Å². The quantitative estimate of drug-likeness (QED) is 0.271. The van der Waals surface area contributed by atoms with Crippen molar-refractivity contribution in [3.8, 4) is 5.75 Å². The Kier molecular flexibility index (Phi) is 7.61. The lowest BCUT2D eigenvalue weighted by atomic mass is 10.2. The molecule has 0 saturated carbocycles. The van der Waals surface area contributed by atoms with Crippen molar-refractivity contribution in [2.24, 2.45) is 0 Å². The molecule has 4 rings (SSSR count). The van der Waals surface area contributed by atoms with Gasteiger partial charge >= 0.3 is 12.1 Å². The van der Waals surface area contributed by atoms with Crippen molar-refractivity contribution in [3.63, 3.8) is 0 Å². The molecular formula is C27H26Cl2N4O4. The van der Waals surface area contributed by atoms with Crippen LogP contribution in [0.2, 0.25) is 10.0 Å². The molecule has 1 heterocycles. The van der Waals surface area contributed by atoms with Crippen molar-refractivity contribution in [1.82, 2.24) is 9.55 Å². The van der Waals surface area contributed by atoms with Crippen LogP contribution in [0.15, 0.2) is 60.7 Å². The van der Waals surface area contributed by atoms with Gasteiger partial charge in [-0.25, -0.2) is 19.1 Å². The van der Waals surface area contributed by atoms with E-state index in [0.717, 1.165) is 5.56 Å². The van der Waals surface area contributed by atoms with E-state index in [1.54, 1.807) is 36.4 Å². The van der Waals surface area contributed by atoms with E-state index >= 15 is 0 Å². The van der Waals surface area contributed by atoms with E-state index in [1.165, 1.54) is 4.57 Å². The molecule has 0 aliphatic heterocycles. The Labute approximate surface area is 224 Å². The molecule has 2 N–H and O–H groups in total. The van der Waals surface area contributed by atoms with Crippen LogP contribution in [-0.4, -0.2) is 27.3 Å². The summed E-state index contributed by atoms with van der Waals surface area (Å²) in [4.78, 5) is 29.9. The van der Waals surface area contributed by atoms with E-state index in [4.69, 9.17) is 32.7 Å². The summed E-state index contributed by atoms with van der Waals surface area (Å²) in [6, 6.07) is 17.0. The number of ether oxygens (including phenoxy) is 2. The summed E-state index contributed by atoms with van der Waals surface area (Å²) in [6.45, 7) is 7.31. The van der Waals surface area contributed by atoms with Crippen molar-refractivity contribution in [3.05, 3.63) is 82.1 Å². The number of imidazole rings is 1. The third-order valence-electron chi connectivity index (χ3n) is 5.20. The minimum absolute atomic E-state index is 0.0396. The molecule has 0 aliphatic rings. The number of aryl methyl sites for hydroxylation is 1. The minimum Gasteiger partial charge on any atom is -0.486 e. The van der Waals surface area contributed by atoms with E-state index in [0.29, 0.717) is 44.0 Å². The number of rotatable bonds is 5. The van der Waals surface area contributed by atoms with Crippen molar-refractivity contribution in [2.45, 2.75) is 39.9 Å². The molecule has 0 atom stereocenters. The highest BCUT2D eigenvalue weighted by molar-refractivity contribution is 6.42. The summed E-state index contributed by atoms with van der Waals surface area (Å²) in [5.41, 5.74) is 2.53. The Morgan fingerprint density at radius 3 is 2.43 bits per heavy atom. The lowest BCUT2D eigenvalue weighted by Gasteiger charge is -2.20. The summed E-state index contributed by atoms with van der Waals surface area (Å²) in [7, 11) is 0. The molecule has 8 nitrogen and oxygen atoms in total. The van der Waals surface area contributed by atoms with Crippen molar-refractivity contribution in [2.75, 3.05) is 10.6 Å². The van der Waals surface area contributed by atoms with E-state index < -0.39 is 17.7 Å². The van der Waals surface area contributed by atoms with Crippen LogP contribution in [0.5, 0.6) is 5.75 Å². The molecule has 0 spiro atoms. The van der Waals surface area contributed by atoms with Crippen molar-refractivity contribution >= 4 is 57.7 Å². The molecule has 0 fully saturated rings. The van der Waals surface area contributed by atoms with Crippen LogP contribution in [0.4, 0.5) is 21.0 Å². The Morgan fingerprint density at radius 1 is 0.973 bits per heavy atom. The van der Waals surface area contributed by atoms with E-state index in [9.17, 15) is 9.59 Å². The zero-order chi connectivity index (χ0) is 26.7. The van der Waals surface area contributed by atoms with Crippen molar-refractivity contribution in [1.29, 1.82) is 0 Å². The Hall–Kier alpha value is -3.75. The zero-order valence-corrected chi connectivity index (χ0v) is 22.3. The first-order chi connectivity index (χ1) is 17.5. The van der Waals surface area contributed by atoms with E-state index in [1.807, 2.05) is 52.0 Å². The number of urea groups is 1. The van der Waals surface area contributed by atoms with Crippen LogP contribution < -0.4 is 15.4 Å². The van der Waals surface area contributed by atoms with Crippen LogP contribution in [0.25, 0.3) is 11.0 Å². The number of nitrogens with one attached hydrogen (secondary N) is 2. The first-order valence-electron chi connectivity index (χ1n) is 11.5. The predicted molar refractivity (Wildman–Crippen MR) is 146 cm³/mol. The van der Waals surface area contributed by atoms with Crippen LogP contribution in [-0.2, 0) is 11.3 Å². The van der Waals surface area contributed by atoms with E-state index in [2.05, 4.69) is 15.6 Å². The number of carbonyl (C=O) groups excluding carboxylic acids is 2. The number of nitrogens with zero attached hydrogens (tertiary/aromatic N) is 2. The van der Waals surface area contributed by atoms with Gasteiger partial charge < -0.3 is 20.1 Å². The van der Waals surface area contributed by atoms with Crippen LogP contribution >= 0.6 is 23.2 Å². The standard InChI is InChI=1S/C27H26Cl2N4O4/c1-16-13-18(10-12-21(16)32-25(34)30-17-9-11-19(28)20(29)14-17)36-15-24-31-22-7-5-6-8-23(22)33(24)26(35)37-27(2,3)4/h5-14H,15H2,1-4H3,(H2,30,32,34).